The van der Waals surface area contributed by atoms with Crippen molar-refractivity contribution in [3.63, 3.8) is 0 Å². The van der Waals surface area contributed by atoms with E-state index in [4.69, 9.17) is 34.2 Å². The predicted octanol–water partition coefficient (Wildman–Crippen LogP) is 7.06. The number of hydrogen-bond acceptors (Lipinski definition) is 22. The molecule has 2 bridgehead atoms. The van der Waals surface area contributed by atoms with Crippen molar-refractivity contribution in [2.24, 2.45) is 35.5 Å². The number of ether oxygens (including phenoxy) is 6. The highest BCUT2D eigenvalue weighted by Crippen LogP contribution is 2.38. The number of allylic oxidation sites excluding steroid dienone is 6. The largest absolute Gasteiger partial charge is 0.460 e. The highest BCUT2D eigenvalue weighted by molar-refractivity contribution is 6.39. The lowest BCUT2D eigenvalue weighted by molar-refractivity contribution is -0.265. The Morgan fingerprint density at radius 2 is 1.49 bits per heavy atom. The molecule has 500 valence electrons. The maximum Gasteiger partial charge on any atom is 0.329 e. The Labute approximate surface area is 535 Å². The smallest absolute Gasteiger partial charge is 0.329 e. The van der Waals surface area contributed by atoms with Gasteiger partial charge in [0.25, 0.3) is 11.7 Å². The van der Waals surface area contributed by atoms with Gasteiger partial charge in [-0.3, -0.25) is 28.8 Å². The minimum absolute atomic E-state index is 0.00799. The Hall–Kier alpha value is -6.63. The highest BCUT2D eigenvalue weighted by atomic mass is 16.6. The SMILES string of the molecule is CO[C@H]1C[C@@H]2CC[C@@H](C)[C@@](O)(O2)C(=O)C(=O)N2CCCC[C@H]2C(=O)O[C@H]([C@H](C)C[C@@H]2CC[C@@H](OC(=O)CCc3cnc(N4CCN(c5ncc(C(C)=O)c(N)n5)CC4)nc3)[C@H](OC)C2)CC(=O)[C@H](C)/C=C(\C)[C@@H](O)[C@@H](OC)C(=O)[C@H](C)C[C@H](C)/C=C/C=C/C=C/1C. The molecule has 91 heavy (non-hydrogen) atoms. The number of carbonyl (C=O) groups is 7. The Balaban J connectivity index is 1.03. The molecule has 0 spiro atoms. The second-order valence-electron chi connectivity index (χ2n) is 25.9. The lowest BCUT2D eigenvalue weighted by Crippen LogP contribution is -2.61. The van der Waals surface area contributed by atoms with Gasteiger partial charge in [-0.1, -0.05) is 71.1 Å². The van der Waals surface area contributed by atoms with E-state index in [2.05, 4.69) is 19.9 Å². The molecular formula is C68H98N8O15. The maximum atomic E-state index is 14.7. The summed E-state index contributed by atoms with van der Waals surface area (Å²) in [5, 5.41) is 23.7. The number of nitrogen functional groups attached to an aromatic ring is 1. The molecule has 7 rings (SSSR count). The fourth-order valence-electron chi connectivity index (χ4n) is 13.3. The first kappa shape index (κ1) is 71.8. The van der Waals surface area contributed by atoms with Crippen molar-refractivity contribution in [2.75, 3.05) is 69.6 Å². The summed E-state index contributed by atoms with van der Waals surface area (Å²) in [6.45, 7) is 16.5. The summed E-state index contributed by atoms with van der Waals surface area (Å²) in [6.07, 6.45) is 15.5. The van der Waals surface area contributed by atoms with Crippen molar-refractivity contribution in [3.8, 4) is 0 Å². The Morgan fingerprint density at radius 3 is 2.15 bits per heavy atom. The average molecular weight is 1270 g/mol. The van der Waals surface area contributed by atoms with E-state index < -0.39 is 102 Å². The average Bonchev–Trinajstić information content (AvgIpc) is 1.68. The number of ketones is 4. The third kappa shape index (κ3) is 18.8. The van der Waals surface area contributed by atoms with E-state index >= 15 is 0 Å². The number of piperazine rings is 1. The van der Waals surface area contributed by atoms with Crippen LogP contribution in [0.2, 0.25) is 0 Å². The van der Waals surface area contributed by atoms with E-state index in [0.29, 0.717) is 108 Å². The van der Waals surface area contributed by atoms with E-state index in [1.165, 1.54) is 25.1 Å². The number of aryl methyl sites for hydroxylation is 1. The van der Waals surface area contributed by atoms with Crippen LogP contribution < -0.4 is 15.5 Å². The number of piperidine rings is 1. The molecule has 0 aromatic carbocycles. The fraction of sp³-hybridized carbons (Fsp3) is 0.662. The second-order valence-corrected chi connectivity index (χ2v) is 25.9. The fourth-order valence-corrected chi connectivity index (χ4v) is 13.3. The zero-order valence-electron chi connectivity index (χ0n) is 55.1. The number of hydrogen-bond donors (Lipinski definition) is 3. The monoisotopic (exact) mass is 1270 g/mol. The van der Waals surface area contributed by atoms with E-state index in [0.717, 1.165) is 11.1 Å². The molecule has 4 fully saturated rings. The first-order valence-electron chi connectivity index (χ1n) is 32.5. The number of methoxy groups -OCH3 is 3. The van der Waals surface area contributed by atoms with Crippen LogP contribution in [-0.4, -0.2) is 185 Å². The maximum absolute atomic E-state index is 14.7. The molecule has 4 aliphatic heterocycles. The van der Waals surface area contributed by atoms with Gasteiger partial charge < -0.3 is 59.1 Å². The number of nitrogens with two attached hydrogens (primary N) is 1. The number of cyclic esters (lactones) is 1. The molecule has 2 aromatic rings. The number of carbonyl (C=O) groups excluding carboxylic acids is 7. The lowest BCUT2D eigenvalue weighted by Gasteiger charge is -2.42. The number of aliphatic hydroxyl groups is 2. The van der Waals surface area contributed by atoms with Crippen LogP contribution in [0.1, 0.15) is 155 Å². The third-order valence-corrected chi connectivity index (χ3v) is 19.1. The number of nitrogens with zero attached hydrogens (tertiary/aromatic N) is 7. The van der Waals surface area contributed by atoms with Crippen LogP contribution in [-0.2, 0) is 63.6 Å². The lowest BCUT2D eigenvalue weighted by atomic mass is 9.78. The summed E-state index contributed by atoms with van der Waals surface area (Å²) in [6, 6.07) is -1.20. The molecule has 3 saturated heterocycles. The van der Waals surface area contributed by atoms with Crippen molar-refractivity contribution in [1.82, 2.24) is 24.8 Å². The van der Waals surface area contributed by atoms with Crippen LogP contribution in [0.5, 0.6) is 0 Å². The van der Waals surface area contributed by atoms with Crippen molar-refractivity contribution in [1.29, 1.82) is 0 Å². The van der Waals surface area contributed by atoms with Crippen LogP contribution in [0.4, 0.5) is 17.7 Å². The highest BCUT2D eigenvalue weighted by Gasteiger charge is 2.53. The number of anilines is 3. The van der Waals surface area contributed by atoms with Crippen molar-refractivity contribution in [3.05, 3.63) is 77.3 Å². The van der Waals surface area contributed by atoms with E-state index in [-0.39, 0.29) is 72.8 Å². The molecule has 4 N–H and O–H groups in total. The zero-order valence-corrected chi connectivity index (χ0v) is 55.1. The van der Waals surface area contributed by atoms with E-state index in [1.54, 1.807) is 60.4 Å². The number of fused-ring (bicyclic) bond motifs is 3. The number of esters is 2. The number of Topliss-reactive ketones (excluding diaryl/α,β-unsaturated/α-hetero) is 4. The first-order chi connectivity index (χ1) is 43.3. The van der Waals surface area contributed by atoms with Crippen molar-refractivity contribution < 1.29 is 72.2 Å². The topological polar surface area (TPSA) is 303 Å². The van der Waals surface area contributed by atoms with Gasteiger partial charge in [-0.2, -0.15) is 4.98 Å². The van der Waals surface area contributed by atoms with Gasteiger partial charge in [0, 0.05) is 110 Å². The van der Waals surface area contributed by atoms with Gasteiger partial charge in [-0.15, -0.1) is 0 Å². The first-order valence-corrected chi connectivity index (χ1v) is 32.5. The van der Waals surface area contributed by atoms with Gasteiger partial charge >= 0.3 is 11.9 Å². The summed E-state index contributed by atoms with van der Waals surface area (Å²) in [7, 11) is 4.51. The Morgan fingerprint density at radius 1 is 0.802 bits per heavy atom. The van der Waals surface area contributed by atoms with Gasteiger partial charge in [-0.05, 0) is 126 Å². The molecule has 2 aromatic heterocycles. The van der Waals surface area contributed by atoms with Gasteiger partial charge in [0.15, 0.2) is 11.6 Å². The van der Waals surface area contributed by atoms with E-state index in [9.17, 15) is 43.8 Å². The minimum Gasteiger partial charge on any atom is -0.460 e. The number of aromatic nitrogens is 4. The summed E-state index contributed by atoms with van der Waals surface area (Å²) >= 11 is 0. The molecular weight excluding hydrogens is 1170 g/mol. The normalized spacial score (nSPS) is 33.1. The van der Waals surface area contributed by atoms with Crippen LogP contribution in [0.15, 0.2) is 66.2 Å². The molecule has 5 aliphatic rings. The standard InChI is InChI=1S/C68H98N8O15/c1-40-17-13-12-14-18-41(2)55(86-9)35-50-23-20-46(7)68(85,91-50)62(82)64(83)76-26-16-15-19-52(76)65(84)90-56(36-53(78)42(3)32-45(6)60(81)61(88-11)59(80)44(5)31-40)43(4)33-48-21-24-54(57(34-48)87-10)89-58(79)25-22-49-37-70-66(71-38-49)74-27-29-75(30-28-74)67-72-39-51(47(8)77)63(69)73-67/h12-14,17-18,32,37-40,42-44,46,48,50,52,54-57,60-61,81,85H,15-16,19-31,33-36H2,1-11H3,(H2,69,72,73)/b14-12+,17-13+,41-18+,45-32+/t40-,42-,43-,44-,46-,48+,50+,52+,54-,55+,56+,57-,60-,61+,68-/m1/s1. The third-order valence-electron chi connectivity index (χ3n) is 19.1. The molecule has 6 heterocycles. The van der Waals surface area contributed by atoms with Crippen LogP contribution in [0.25, 0.3) is 0 Å². The quantitative estimate of drug-likeness (QED) is 0.0782. The van der Waals surface area contributed by atoms with Gasteiger partial charge in [0.2, 0.25) is 17.7 Å². The van der Waals surface area contributed by atoms with Gasteiger partial charge in [0.1, 0.15) is 42.1 Å². The summed E-state index contributed by atoms with van der Waals surface area (Å²) in [5.41, 5.74) is 8.28. The molecule has 1 saturated carbocycles. The van der Waals surface area contributed by atoms with Crippen molar-refractivity contribution in [2.45, 2.75) is 200 Å². The summed E-state index contributed by atoms with van der Waals surface area (Å²) in [4.78, 5) is 120. The molecule has 23 nitrogen and oxygen atoms in total. The Bertz CT molecular complexity index is 2980. The van der Waals surface area contributed by atoms with E-state index in [1.807, 2.05) is 61.0 Å². The summed E-state index contributed by atoms with van der Waals surface area (Å²) < 4.78 is 36.1. The Kier molecular flexibility index (Phi) is 26.3. The molecule has 1 aliphatic carbocycles. The number of rotatable bonds is 13. The van der Waals surface area contributed by atoms with Gasteiger partial charge in [0.05, 0.1) is 23.9 Å². The molecule has 15 atom stereocenters. The second kappa shape index (κ2) is 33.3. The number of amides is 1. The van der Waals surface area contributed by atoms with Gasteiger partial charge in [-0.25, -0.2) is 19.7 Å². The molecule has 1 amide bonds. The predicted molar refractivity (Wildman–Crippen MR) is 340 cm³/mol. The molecule has 0 unspecified atom stereocenters. The van der Waals surface area contributed by atoms with Crippen LogP contribution in [0, 0.1) is 35.5 Å². The number of aliphatic hydroxyl groups excluding tert-OH is 1. The zero-order chi connectivity index (χ0) is 66.3. The minimum atomic E-state index is -2.47. The molecule has 23 heteroatoms. The van der Waals surface area contributed by atoms with Crippen LogP contribution in [0.3, 0.4) is 0 Å². The van der Waals surface area contributed by atoms with Crippen molar-refractivity contribution >= 4 is 58.7 Å². The summed E-state index contributed by atoms with van der Waals surface area (Å²) in [5.74, 6) is -8.00. The molecule has 0 radical (unpaired) electrons. The van der Waals surface area contributed by atoms with Crippen LogP contribution >= 0.6 is 0 Å².